The Balaban J connectivity index is 4.12. The zero-order valence-corrected chi connectivity index (χ0v) is 10.3. The van der Waals surface area contributed by atoms with Gasteiger partial charge in [-0.05, 0) is 0 Å². The van der Waals surface area contributed by atoms with Crippen molar-refractivity contribution >= 4 is 23.1 Å². The summed E-state index contributed by atoms with van der Waals surface area (Å²) in [6.07, 6.45) is 2.46. The molecule has 0 radical (unpaired) electrons. The molecule has 0 saturated heterocycles. The highest BCUT2D eigenvalue weighted by atomic mass is 32.2. The molecule has 0 aliphatic heterocycles. The molecule has 0 aromatic carbocycles. The van der Waals surface area contributed by atoms with Crippen molar-refractivity contribution in [2.24, 2.45) is 0 Å². The normalized spacial score (nSPS) is 14.1. The van der Waals surface area contributed by atoms with E-state index in [2.05, 4.69) is 10.1 Å². The van der Waals surface area contributed by atoms with Gasteiger partial charge >= 0.3 is 5.97 Å². The molecule has 1 unspecified atom stereocenters. The van der Waals surface area contributed by atoms with Crippen molar-refractivity contribution in [3.8, 4) is 0 Å². The van der Waals surface area contributed by atoms with Crippen LogP contribution in [0.1, 0.15) is 13.3 Å². The fourth-order valence-corrected chi connectivity index (χ4v) is 1.74. The summed E-state index contributed by atoms with van der Waals surface area (Å²) in [6, 6.07) is -0.572. The first-order chi connectivity index (χ1) is 7.01. The second kappa shape index (κ2) is 7.53. The first-order valence-electron chi connectivity index (χ1n) is 4.53. The van der Waals surface area contributed by atoms with Crippen LogP contribution in [0.25, 0.3) is 0 Å². The van der Waals surface area contributed by atoms with Gasteiger partial charge in [-0.15, -0.1) is 0 Å². The third-order valence-corrected chi connectivity index (χ3v) is 3.22. The average Bonchev–Trinajstić information content (AvgIpc) is 2.21. The second-order valence-electron chi connectivity index (χ2n) is 3.01. The zero-order chi connectivity index (χ0) is 11.8. The van der Waals surface area contributed by atoms with Crippen LogP contribution in [0.4, 0.5) is 0 Å². The molecule has 88 valence electrons. The molecule has 1 N–H and O–H groups in total. The summed E-state index contributed by atoms with van der Waals surface area (Å²) in [5, 5.41) is 2.55. The largest absolute Gasteiger partial charge is 0.467 e. The van der Waals surface area contributed by atoms with Gasteiger partial charge in [-0.2, -0.15) is 4.18 Å². The molecule has 0 rings (SSSR count). The minimum atomic E-state index is -0.572. The van der Waals surface area contributed by atoms with Crippen molar-refractivity contribution < 1.29 is 18.5 Å². The molecule has 15 heavy (non-hydrogen) atoms. The highest BCUT2D eigenvalue weighted by Crippen LogP contribution is 2.01. The summed E-state index contributed by atoms with van der Waals surface area (Å²) < 4.78 is 9.67. The van der Waals surface area contributed by atoms with Crippen LogP contribution in [0.5, 0.6) is 0 Å². The van der Waals surface area contributed by atoms with E-state index in [1.165, 1.54) is 14.0 Å². The lowest BCUT2D eigenvalue weighted by Gasteiger charge is -2.13. The van der Waals surface area contributed by atoms with E-state index in [0.717, 1.165) is 5.75 Å². The van der Waals surface area contributed by atoms with Gasteiger partial charge in [0, 0.05) is 13.3 Å². The molecule has 0 aliphatic rings. The Morgan fingerprint density at radius 1 is 1.40 bits per heavy atom. The lowest BCUT2D eigenvalue weighted by molar-refractivity contribution is -0.144. The predicted molar refractivity (Wildman–Crippen MR) is 59.4 cm³/mol. The molecule has 5 nitrogen and oxygen atoms in total. The van der Waals surface area contributed by atoms with Crippen molar-refractivity contribution in [2.45, 2.75) is 19.4 Å². The third-order valence-electron chi connectivity index (χ3n) is 1.84. The van der Waals surface area contributed by atoms with Crippen molar-refractivity contribution in [3.63, 3.8) is 0 Å². The number of carbonyl (C=O) groups is 2. The highest BCUT2D eigenvalue weighted by molar-refractivity contribution is 7.91. The predicted octanol–water partition coefficient (Wildman–Crippen LogP) is -0.136. The highest BCUT2D eigenvalue weighted by Gasteiger charge is 2.23. The summed E-state index contributed by atoms with van der Waals surface area (Å²) in [4.78, 5) is 22.1. The maximum absolute atomic E-state index is 11.3. The Morgan fingerprint density at radius 3 is 2.40 bits per heavy atom. The van der Waals surface area contributed by atoms with Gasteiger partial charge in [-0.25, -0.2) is 4.79 Å². The molecule has 0 fully saturated rings. The van der Waals surface area contributed by atoms with Gasteiger partial charge in [-0.1, -0.05) is 0 Å². The maximum atomic E-state index is 11.3. The van der Waals surface area contributed by atoms with Crippen molar-refractivity contribution in [1.82, 2.24) is 5.32 Å². The molecule has 0 heterocycles. The number of rotatable bonds is 6. The summed E-state index contributed by atoms with van der Waals surface area (Å²) in [5.41, 5.74) is 0. The van der Waals surface area contributed by atoms with Crippen LogP contribution in [-0.4, -0.2) is 44.1 Å². The number of hydrogen-bond acceptors (Lipinski definition) is 4. The maximum Gasteiger partial charge on any atom is 0.328 e. The van der Waals surface area contributed by atoms with Crippen LogP contribution in [-0.2, 0) is 29.7 Å². The Bertz CT molecular complexity index is 222. The van der Waals surface area contributed by atoms with Gasteiger partial charge < -0.3 is 10.1 Å². The standard InChI is InChI=1S/C9H17NO4S/c1-7(11)10-8(9(12)13-2)5-6-15(4)14-3/h8H,5-6H2,1-4H3/p+1/t8-,15?/m0/s1. The van der Waals surface area contributed by atoms with Crippen molar-refractivity contribution in [2.75, 3.05) is 26.2 Å². The molecule has 0 saturated carbocycles. The molecule has 6 heteroatoms. The van der Waals surface area contributed by atoms with E-state index in [1.807, 2.05) is 6.26 Å². The monoisotopic (exact) mass is 236 g/mol. The van der Waals surface area contributed by atoms with Gasteiger partial charge in [0.2, 0.25) is 5.91 Å². The number of nitrogens with one attached hydrogen (secondary N) is 1. The molecule has 1 amide bonds. The molecule has 0 aromatic heterocycles. The van der Waals surface area contributed by atoms with Crippen LogP contribution < -0.4 is 5.32 Å². The molecule has 0 aromatic rings. The first kappa shape index (κ1) is 14.2. The van der Waals surface area contributed by atoms with E-state index >= 15 is 0 Å². The number of hydrogen-bond donors (Lipinski definition) is 1. The third kappa shape index (κ3) is 6.35. The van der Waals surface area contributed by atoms with E-state index in [1.54, 1.807) is 7.11 Å². The van der Waals surface area contributed by atoms with E-state index in [0.29, 0.717) is 6.42 Å². The fourth-order valence-electron chi connectivity index (χ4n) is 1.00. The zero-order valence-electron chi connectivity index (χ0n) is 9.53. The Morgan fingerprint density at radius 2 is 2.00 bits per heavy atom. The fraction of sp³-hybridized carbons (Fsp3) is 0.778. The van der Waals surface area contributed by atoms with E-state index in [9.17, 15) is 9.59 Å². The van der Waals surface area contributed by atoms with Gasteiger partial charge in [0.15, 0.2) is 0 Å². The van der Waals surface area contributed by atoms with E-state index < -0.39 is 12.0 Å². The first-order valence-corrected chi connectivity index (χ1v) is 6.26. The molecular formula is C9H18NO4S+. The number of carbonyl (C=O) groups excluding carboxylic acids is 2. The van der Waals surface area contributed by atoms with Gasteiger partial charge in [0.05, 0.1) is 14.2 Å². The smallest absolute Gasteiger partial charge is 0.328 e. The Labute approximate surface area is 93.1 Å². The van der Waals surface area contributed by atoms with Gasteiger partial charge in [0.25, 0.3) is 0 Å². The van der Waals surface area contributed by atoms with Crippen molar-refractivity contribution in [1.29, 1.82) is 0 Å². The van der Waals surface area contributed by atoms with Gasteiger partial charge in [-0.3, -0.25) is 4.79 Å². The lowest BCUT2D eigenvalue weighted by Crippen LogP contribution is -2.41. The molecule has 0 aliphatic carbocycles. The topological polar surface area (TPSA) is 64.6 Å². The number of amides is 1. The SMILES string of the molecule is COC(=O)[C@H](CC[S+](C)OC)NC(C)=O. The van der Waals surface area contributed by atoms with Crippen LogP contribution in [0.15, 0.2) is 0 Å². The molecule has 0 spiro atoms. The number of methoxy groups -OCH3 is 1. The van der Waals surface area contributed by atoms with Crippen molar-refractivity contribution in [3.05, 3.63) is 0 Å². The minimum Gasteiger partial charge on any atom is -0.467 e. The summed E-state index contributed by atoms with van der Waals surface area (Å²) in [5.74, 6) is 0.0633. The quantitative estimate of drug-likeness (QED) is 0.515. The molecule has 2 atom stereocenters. The van der Waals surface area contributed by atoms with Crippen LogP contribution >= 0.6 is 0 Å². The van der Waals surface area contributed by atoms with E-state index in [-0.39, 0.29) is 17.1 Å². The molecule has 0 bridgehead atoms. The number of ether oxygens (including phenoxy) is 1. The number of esters is 1. The minimum absolute atomic E-state index is 0.190. The van der Waals surface area contributed by atoms with Gasteiger partial charge in [0.1, 0.15) is 29.2 Å². The summed E-state index contributed by atoms with van der Waals surface area (Å²) in [7, 11) is 2.92. The lowest BCUT2D eigenvalue weighted by atomic mass is 10.2. The average molecular weight is 236 g/mol. The van der Waals surface area contributed by atoms with Crippen LogP contribution in [0.2, 0.25) is 0 Å². The van der Waals surface area contributed by atoms with Crippen LogP contribution in [0, 0.1) is 0 Å². The van der Waals surface area contributed by atoms with E-state index in [4.69, 9.17) is 4.18 Å². The summed E-state index contributed by atoms with van der Waals surface area (Å²) >= 11 is -0.190. The Kier molecular flexibility index (Phi) is 7.15. The second-order valence-corrected chi connectivity index (χ2v) is 4.90. The Hall–Kier alpha value is -0.750. The summed E-state index contributed by atoms with van der Waals surface area (Å²) in [6.45, 7) is 1.37. The van der Waals surface area contributed by atoms with Crippen LogP contribution in [0.3, 0.4) is 0 Å². The molecular weight excluding hydrogens is 218 g/mol.